The van der Waals surface area contributed by atoms with Crippen molar-refractivity contribution in [2.45, 2.75) is 0 Å². The van der Waals surface area contributed by atoms with Crippen LogP contribution in [-0.2, 0) is 0 Å². The van der Waals surface area contributed by atoms with Crippen LogP contribution >= 0.6 is 0 Å². The van der Waals surface area contributed by atoms with E-state index < -0.39 is 0 Å². The van der Waals surface area contributed by atoms with Crippen molar-refractivity contribution in [2.24, 2.45) is 11.8 Å². The van der Waals surface area contributed by atoms with E-state index in [1.807, 2.05) is 0 Å². The highest BCUT2D eigenvalue weighted by Crippen LogP contribution is 2.52. The largest absolute Gasteiger partial charge is 0.309 e. The standard InChI is InChI=1S/C76H50N2/c1-3-15-53(16-4-1)63-19-7-11-23-69(63)77-71-25-13-9-21-65(71)67-47-55(39-41-73(67)77)49-27-31-51(32-28-49)61-43-57-35-37-59-45-62(46-60-38-36-58(44-61)75(57)76(59)60)52-33-29-50(30-34-52)56-40-42-74-68(48-56)66-22-10-14-26-72(66)78(74)70-24-12-8-20-64(70)54-17-5-2-6-18-54/h1-48,75-76H. The minimum Gasteiger partial charge on any atom is -0.309 e. The summed E-state index contributed by atoms with van der Waals surface area (Å²) in [6.45, 7) is 0. The van der Waals surface area contributed by atoms with E-state index in [1.165, 1.54) is 144 Å². The van der Waals surface area contributed by atoms with Crippen molar-refractivity contribution in [3.05, 3.63) is 325 Å². The number of hydrogen-bond acceptors (Lipinski definition) is 0. The maximum absolute atomic E-state index is 2.43. The molecule has 2 aromatic heterocycles. The number of nitrogens with zero attached hydrogens (tertiary/aromatic N) is 2. The lowest BCUT2D eigenvalue weighted by Crippen LogP contribution is -2.29. The molecule has 78 heavy (non-hydrogen) atoms. The van der Waals surface area contributed by atoms with Gasteiger partial charge in [0.1, 0.15) is 0 Å². The first kappa shape index (κ1) is 44.3. The summed E-state index contributed by atoms with van der Waals surface area (Å²) in [5.74, 6) is 0.622. The fourth-order valence-electron chi connectivity index (χ4n) is 13.2. The molecule has 0 saturated heterocycles. The summed E-state index contributed by atoms with van der Waals surface area (Å²) in [5.41, 5.74) is 27.4. The Morgan fingerprint density at radius 2 is 0.603 bits per heavy atom. The number of fused-ring (bicyclic) bond motifs is 6. The highest BCUT2D eigenvalue weighted by molar-refractivity contribution is 6.12. The van der Waals surface area contributed by atoms with Crippen LogP contribution in [0, 0.1) is 11.8 Å². The molecule has 10 aromatic carbocycles. The number of benzene rings is 10. The molecule has 0 saturated carbocycles. The third-order valence-corrected chi connectivity index (χ3v) is 16.9. The number of allylic oxidation sites excluding steroid dienone is 14. The predicted molar refractivity (Wildman–Crippen MR) is 328 cm³/mol. The fraction of sp³-hybridized carbons (Fsp3) is 0.0263. The van der Waals surface area contributed by atoms with Crippen molar-refractivity contribution in [2.75, 3.05) is 0 Å². The van der Waals surface area contributed by atoms with Gasteiger partial charge < -0.3 is 9.13 Å². The third kappa shape index (κ3) is 7.11. The Labute approximate surface area is 453 Å². The van der Waals surface area contributed by atoms with Crippen molar-refractivity contribution in [3.63, 3.8) is 0 Å². The molecule has 0 amide bonds. The summed E-state index contributed by atoms with van der Waals surface area (Å²) in [4.78, 5) is 0. The number of rotatable bonds is 8. The van der Waals surface area contributed by atoms with Gasteiger partial charge in [-0.25, -0.2) is 0 Å². The second-order valence-corrected chi connectivity index (χ2v) is 21.2. The van der Waals surface area contributed by atoms with Gasteiger partial charge in [0.25, 0.3) is 0 Å². The smallest absolute Gasteiger partial charge is 0.0541 e. The van der Waals surface area contributed by atoms with Crippen molar-refractivity contribution in [3.8, 4) is 55.9 Å². The topological polar surface area (TPSA) is 9.86 Å². The molecule has 0 spiro atoms. The number of hydrogen-bond donors (Lipinski definition) is 0. The van der Waals surface area contributed by atoms with E-state index in [2.05, 4.69) is 300 Å². The van der Waals surface area contributed by atoms with Gasteiger partial charge in [0.2, 0.25) is 0 Å². The molecule has 4 aliphatic rings. The van der Waals surface area contributed by atoms with Crippen LogP contribution in [0.3, 0.4) is 0 Å². The Kier molecular flexibility index (Phi) is 10.1. The van der Waals surface area contributed by atoms with Gasteiger partial charge in [-0.1, -0.05) is 243 Å². The van der Waals surface area contributed by atoms with Gasteiger partial charge in [-0.2, -0.15) is 0 Å². The van der Waals surface area contributed by atoms with E-state index in [0.717, 1.165) is 0 Å². The Hall–Kier alpha value is -10.0. The Bertz CT molecular complexity index is 4380. The fourth-order valence-corrected chi connectivity index (χ4v) is 13.2. The lowest BCUT2D eigenvalue weighted by molar-refractivity contribution is 0.566. The molecule has 0 radical (unpaired) electrons. The van der Waals surface area contributed by atoms with Gasteiger partial charge in [-0.05, 0) is 126 Å². The summed E-state index contributed by atoms with van der Waals surface area (Å²) in [6, 6.07) is 88.9. The summed E-state index contributed by atoms with van der Waals surface area (Å²) < 4.78 is 4.87. The molecule has 2 atom stereocenters. The molecular weight excluding hydrogens is 941 g/mol. The second-order valence-electron chi connectivity index (χ2n) is 21.2. The SMILES string of the molecule is C1=CC2=CC(c3ccc(-c4ccc5c(c4)c4ccccc4n5-c4ccccc4-c4ccccc4)cc3)=CC3=CC=C4C=C(c5ccc(-c6ccc7c(c6)c6ccccc6n7-c6ccccc6-c6ccccc6)cc5)C=C1C4C32. The van der Waals surface area contributed by atoms with Gasteiger partial charge in [-0.15, -0.1) is 0 Å². The molecular formula is C76H50N2. The first-order chi connectivity index (χ1) is 38.7. The van der Waals surface area contributed by atoms with Crippen molar-refractivity contribution in [1.29, 1.82) is 0 Å². The first-order valence-electron chi connectivity index (χ1n) is 27.2. The van der Waals surface area contributed by atoms with Gasteiger partial charge >= 0.3 is 0 Å². The highest BCUT2D eigenvalue weighted by atomic mass is 15.0. The van der Waals surface area contributed by atoms with E-state index in [4.69, 9.17) is 0 Å². The molecule has 0 bridgehead atoms. The molecule has 2 unspecified atom stereocenters. The van der Waals surface area contributed by atoms with Gasteiger partial charge in [-0.3, -0.25) is 0 Å². The molecule has 0 N–H and O–H groups in total. The molecule has 4 aliphatic carbocycles. The average Bonchev–Trinajstić information content (AvgIpc) is 4.22. The van der Waals surface area contributed by atoms with Crippen LogP contribution in [0.1, 0.15) is 11.1 Å². The molecule has 2 heterocycles. The zero-order chi connectivity index (χ0) is 51.3. The lowest BCUT2D eigenvalue weighted by Gasteiger charge is -2.40. The van der Waals surface area contributed by atoms with Crippen LogP contribution in [0.15, 0.2) is 314 Å². The zero-order valence-corrected chi connectivity index (χ0v) is 42.8. The molecule has 2 heteroatoms. The minimum absolute atomic E-state index is 0.311. The summed E-state index contributed by atoms with van der Waals surface area (Å²) in [7, 11) is 0. The Morgan fingerprint density at radius 1 is 0.244 bits per heavy atom. The van der Waals surface area contributed by atoms with E-state index in [-0.39, 0.29) is 0 Å². The quantitative estimate of drug-likeness (QED) is 0.144. The van der Waals surface area contributed by atoms with Gasteiger partial charge in [0.05, 0.1) is 33.4 Å². The average molecular weight is 991 g/mol. The molecule has 12 aromatic rings. The molecule has 364 valence electrons. The summed E-state index contributed by atoms with van der Waals surface area (Å²) in [5, 5.41) is 5.02. The van der Waals surface area contributed by atoms with Crippen molar-refractivity contribution >= 4 is 54.8 Å². The van der Waals surface area contributed by atoms with Crippen molar-refractivity contribution < 1.29 is 0 Å². The van der Waals surface area contributed by atoms with Crippen LogP contribution in [0.25, 0.3) is 111 Å². The lowest BCUT2D eigenvalue weighted by atomic mass is 9.63. The van der Waals surface area contributed by atoms with Crippen LogP contribution < -0.4 is 0 Å². The van der Waals surface area contributed by atoms with Gasteiger partial charge in [0, 0.05) is 44.5 Å². The molecule has 16 rings (SSSR count). The maximum atomic E-state index is 2.43. The van der Waals surface area contributed by atoms with Crippen LogP contribution in [-0.4, -0.2) is 9.13 Å². The maximum Gasteiger partial charge on any atom is 0.0541 e. The van der Waals surface area contributed by atoms with Crippen LogP contribution in [0.5, 0.6) is 0 Å². The molecule has 2 nitrogen and oxygen atoms in total. The summed E-state index contributed by atoms with van der Waals surface area (Å²) in [6.07, 6.45) is 19.2. The van der Waals surface area contributed by atoms with Gasteiger partial charge in [0.15, 0.2) is 0 Å². The third-order valence-electron chi connectivity index (χ3n) is 16.9. The van der Waals surface area contributed by atoms with E-state index in [1.54, 1.807) is 0 Å². The number of aromatic nitrogens is 2. The minimum atomic E-state index is 0.311. The zero-order valence-electron chi connectivity index (χ0n) is 42.8. The summed E-state index contributed by atoms with van der Waals surface area (Å²) >= 11 is 0. The van der Waals surface area contributed by atoms with E-state index in [9.17, 15) is 0 Å². The molecule has 0 fully saturated rings. The molecule has 0 aliphatic heterocycles. The Morgan fingerprint density at radius 3 is 1.05 bits per heavy atom. The monoisotopic (exact) mass is 990 g/mol. The van der Waals surface area contributed by atoms with E-state index in [0.29, 0.717) is 11.8 Å². The number of para-hydroxylation sites is 4. The second kappa shape index (κ2) is 17.8. The highest BCUT2D eigenvalue weighted by Gasteiger charge is 2.38. The van der Waals surface area contributed by atoms with E-state index >= 15 is 0 Å². The normalized spacial score (nSPS) is 16.4. The van der Waals surface area contributed by atoms with Crippen molar-refractivity contribution in [1.82, 2.24) is 9.13 Å². The first-order valence-corrected chi connectivity index (χ1v) is 27.2. The van der Waals surface area contributed by atoms with Crippen LogP contribution in [0.2, 0.25) is 0 Å². The Balaban J connectivity index is 0.677. The van der Waals surface area contributed by atoms with Crippen LogP contribution in [0.4, 0.5) is 0 Å². The predicted octanol–water partition coefficient (Wildman–Crippen LogP) is 19.6.